The van der Waals surface area contributed by atoms with Gasteiger partial charge in [-0.1, -0.05) is 57.6 Å². The summed E-state index contributed by atoms with van der Waals surface area (Å²) in [6.45, 7) is 3.74. The summed E-state index contributed by atoms with van der Waals surface area (Å²) >= 11 is 4.72. The summed E-state index contributed by atoms with van der Waals surface area (Å²) in [5.74, 6) is 0.0864. The topological polar surface area (TPSA) is 69.9 Å². The Balaban J connectivity index is 1.98. The fourth-order valence-corrected chi connectivity index (χ4v) is 5.00. The van der Waals surface area contributed by atoms with Crippen molar-refractivity contribution in [1.29, 1.82) is 0 Å². The van der Waals surface area contributed by atoms with E-state index in [-0.39, 0.29) is 12.2 Å². The van der Waals surface area contributed by atoms with Gasteiger partial charge in [0.25, 0.3) is 5.56 Å². The van der Waals surface area contributed by atoms with E-state index in [0.29, 0.717) is 31.9 Å². The first-order valence-corrected chi connectivity index (χ1v) is 11.6. The van der Waals surface area contributed by atoms with Gasteiger partial charge in [0.15, 0.2) is 4.80 Å². The first-order chi connectivity index (χ1) is 15.4. The maximum Gasteiger partial charge on any atom is 0.338 e. The number of nitrogens with zero attached hydrogens (tertiary/aromatic N) is 2. The van der Waals surface area contributed by atoms with Gasteiger partial charge in [0.05, 0.1) is 29.5 Å². The van der Waals surface area contributed by atoms with Gasteiger partial charge in [-0.15, -0.1) is 0 Å². The lowest BCUT2D eigenvalue weighted by molar-refractivity contribution is -0.139. The van der Waals surface area contributed by atoms with Crippen LogP contribution in [0.15, 0.2) is 74.1 Å². The minimum absolute atomic E-state index is 0.220. The van der Waals surface area contributed by atoms with Crippen LogP contribution in [0.5, 0.6) is 5.75 Å². The van der Waals surface area contributed by atoms with Gasteiger partial charge in [-0.3, -0.25) is 9.36 Å². The highest BCUT2D eigenvalue weighted by molar-refractivity contribution is 9.10. The summed E-state index contributed by atoms with van der Waals surface area (Å²) in [6.07, 6.45) is 1.83. The molecule has 1 aliphatic rings. The Kier molecular flexibility index (Phi) is 6.43. The van der Waals surface area contributed by atoms with Crippen molar-refractivity contribution in [2.24, 2.45) is 4.99 Å². The average molecular weight is 513 g/mol. The van der Waals surface area contributed by atoms with Crippen LogP contribution in [0.3, 0.4) is 0 Å². The molecule has 1 aromatic heterocycles. The Morgan fingerprint density at radius 2 is 1.94 bits per heavy atom. The number of benzene rings is 2. The minimum atomic E-state index is -0.700. The second kappa shape index (κ2) is 9.26. The number of para-hydroxylation sites is 1. The normalized spacial score (nSPS) is 15.9. The lowest BCUT2D eigenvalue weighted by Crippen LogP contribution is -2.40. The molecule has 4 rings (SSSR count). The lowest BCUT2D eigenvalue weighted by atomic mass is 9.95. The molecular formula is C24H21BrN2O4S. The number of carbonyl (C=O) groups excluding carboxylic acids is 1. The number of methoxy groups -OCH3 is 1. The van der Waals surface area contributed by atoms with Crippen molar-refractivity contribution >= 4 is 39.3 Å². The zero-order chi connectivity index (χ0) is 22.8. The number of esters is 1. The number of rotatable bonds is 5. The van der Waals surface area contributed by atoms with E-state index in [9.17, 15) is 9.59 Å². The van der Waals surface area contributed by atoms with E-state index < -0.39 is 12.0 Å². The number of ether oxygens (including phenoxy) is 2. The Morgan fingerprint density at radius 1 is 1.22 bits per heavy atom. The highest BCUT2D eigenvalue weighted by Crippen LogP contribution is 2.35. The van der Waals surface area contributed by atoms with E-state index in [4.69, 9.17) is 9.47 Å². The molecule has 8 heteroatoms. The highest BCUT2D eigenvalue weighted by atomic mass is 79.9. The van der Waals surface area contributed by atoms with Gasteiger partial charge >= 0.3 is 5.97 Å². The van der Waals surface area contributed by atoms with E-state index in [2.05, 4.69) is 20.9 Å². The summed E-state index contributed by atoms with van der Waals surface area (Å²) < 4.78 is 13.9. The number of halogens is 1. The van der Waals surface area contributed by atoms with Crippen LogP contribution < -0.4 is 19.6 Å². The summed E-state index contributed by atoms with van der Waals surface area (Å²) in [4.78, 5) is 31.6. The van der Waals surface area contributed by atoms with Crippen LogP contribution in [0.4, 0.5) is 0 Å². The third-order valence-electron chi connectivity index (χ3n) is 5.12. The number of carbonyl (C=O) groups is 1. The minimum Gasteiger partial charge on any atom is -0.496 e. The number of aromatic nitrogens is 1. The average Bonchev–Trinajstić information content (AvgIpc) is 3.09. The number of allylic oxidation sites excluding steroid dienone is 1. The van der Waals surface area contributed by atoms with Gasteiger partial charge in [0.1, 0.15) is 11.8 Å². The summed E-state index contributed by atoms with van der Waals surface area (Å²) in [6, 6.07) is 14.4. The van der Waals surface area contributed by atoms with Crippen LogP contribution >= 0.6 is 27.3 Å². The molecule has 3 aromatic rings. The van der Waals surface area contributed by atoms with Gasteiger partial charge in [-0.2, -0.15) is 0 Å². The predicted octanol–water partition coefficient (Wildman–Crippen LogP) is 3.57. The van der Waals surface area contributed by atoms with Crippen molar-refractivity contribution < 1.29 is 14.3 Å². The molecule has 0 aliphatic carbocycles. The highest BCUT2D eigenvalue weighted by Gasteiger charge is 2.34. The molecule has 0 saturated carbocycles. The maximum absolute atomic E-state index is 13.6. The fourth-order valence-electron chi connectivity index (χ4n) is 3.69. The van der Waals surface area contributed by atoms with Crippen molar-refractivity contribution in [2.75, 3.05) is 13.7 Å². The van der Waals surface area contributed by atoms with Crippen LogP contribution in [0.1, 0.15) is 31.0 Å². The molecule has 2 aromatic carbocycles. The van der Waals surface area contributed by atoms with Crippen LogP contribution in [-0.4, -0.2) is 24.3 Å². The summed E-state index contributed by atoms with van der Waals surface area (Å²) in [7, 11) is 1.57. The van der Waals surface area contributed by atoms with Crippen molar-refractivity contribution in [1.82, 2.24) is 4.57 Å². The number of hydrogen-bond donors (Lipinski definition) is 0. The monoisotopic (exact) mass is 512 g/mol. The van der Waals surface area contributed by atoms with E-state index in [1.54, 1.807) is 25.5 Å². The van der Waals surface area contributed by atoms with Gasteiger partial charge < -0.3 is 9.47 Å². The van der Waals surface area contributed by atoms with Gasteiger partial charge in [0.2, 0.25) is 0 Å². The molecule has 0 spiro atoms. The SMILES string of the molecule is CCOC(=O)C1=C(C)N=c2s/c(=C\c3ccc(Br)cc3)c(=O)n2[C@H]1c1ccccc1OC. The van der Waals surface area contributed by atoms with Crippen LogP contribution in [0.25, 0.3) is 6.08 Å². The lowest BCUT2D eigenvalue weighted by Gasteiger charge is -2.25. The Morgan fingerprint density at radius 3 is 2.62 bits per heavy atom. The molecule has 0 saturated heterocycles. The molecule has 32 heavy (non-hydrogen) atoms. The van der Waals surface area contributed by atoms with E-state index >= 15 is 0 Å². The maximum atomic E-state index is 13.6. The standard InChI is InChI=1S/C24H21BrN2O4S/c1-4-31-23(29)20-14(2)26-24-27(21(20)17-7-5-6-8-18(17)30-3)22(28)19(32-24)13-15-9-11-16(25)12-10-15/h5-13,21H,4H2,1-3H3/b19-13-/t21-/m0/s1. The summed E-state index contributed by atoms with van der Waals surface area (Å²) in [5.41, 5.74) is 2.23. The molecule has 0 bridgehead atoms. The van der Waals surface area contributed by atoms with E-state index in [1.807, 2.05) is 54.6 Å². The second-order valence-corrected chi connectivity index (χ2v) is 9.02. The Bertz CT molecular complexity index is 1390. The molecule has 0 radical (unpaired) electrons. The van der Waals surface area contributed by atoms with E-state index in [0.717, 1.165) is 10.0 Å². The first-order valence-electron chi connectivity index (χ1n) is 10.0. The first kappa shape index (κ1) is 22.2. The second-order valence-electron chi connectivity index (χ2n) is 7.10. The van der Waals surface area contributed by atoms with Crippen LogP contribution in [0.2, 0.25) is 0 Å². The third kappa shape index (κ3) is 4.08. The van der Waals surface area contributed by atoms with Crippen LogP contribution in [-0.2, 0) is 9.53 Å². The smallest absolute Gasteiger partial charge is 0.338 e. The van der Waals surface area contributed by atoms with Gasteiger partial charge in [-0.05, 0) is 43.7 Å². The molecule has 6 nitrogen and oxygen atoms in total. The largest absolute Gasteiger partial charge is 0.496 e. The fraction of sp³-hybridized carbons (Fsp3) is 0.208. The molecule has 0 unspecified atom stereocenters. The number of thiazole rings is 1. The molecule has 1 aliphatic heterocycles. The van der Waals surface area contributed by atoms with Crippen LogP contribution in [0, 0.1) is 0 Å². The number of fused-ring (bicyclic) bond motifs is 1. The van der Waals surface area contributed by atoms with Crippen molar-refractivity contribution in [3.63, 3.8) is 0 Å². The van der Waals surface area contributed by atoms with Crippen molar-refractivity contribution in [2.45, 2.75) is 19.9 Å². The Hall–Kier alpha value is -2.97. The van der Waals surface area contributed by atoms with Crippen molar-refractivity contribution in [3.8, 4) is 5.75 Å². The zero-order valence-corrected chi connectivity index (χ0v) is 20.2. The van der Waals surface area contributed by atoms with Crippen molar-refractivity contribution in [3.05, 3.63) is 95.1 Å². The molecule has 164 valence electrons. The quantitative estimate of drug-likeness (QED) is 0.490. The third-order valence-corrected chi connectivity index (χ3v) is 6.63. The van der Waals surface area contributed by atoms with E-state index in [1.165, 1.54) is 11.3 Å². The molecule has 0 amide bonds. The predicted molar refractivity (Wildman–Crippen MR) is 128 cm³/mol. The summed E-state index contributed by atoms with van der Waals surface area (Å²) in [5, 5.41) is 0. The molecular weight excluding hydrogens is 492 g/mol. The van der Waals surface area contributed by atoms with Gasteiger partial charge in [0, 0.05) is 10.0 Å². The van der Waals surface area contributed by atoms with Gasteiger partial charge in [-0.25, -0.2) is 9.79 Å². The molecule has 0 fully saturated rings. The molecule has 2 heterocycles. The molecule has 0 N–H and O–H groups in total. The molecule has 1 atom stereocenters. The zero-order valence-electron chi connectivity index (χ0n) is 17.8. The number of hydrogen-bond acceptors (Lipinski definition) is 6. The Labute approximate surface area is 197 Å².